The summed E-state index contributed by atoms with van der Waals surface area (Å²) in [5.41, 5.74) is -0.899. The van der Waals surface area contributed by atoms with Crippen molar-refractivity contribution in [3.63, 3.8) is 0 Å². The Labute approximate surface area is 166 Å². The Kier molecular flexibility index (Phi) is 6.40. The number of hydrogen-bond acceptors (Lipinski definition) is 6. The van der Waals surface area contributed by atoms with Crippen LogP contribution in [0.25, 0.3) is 0 Å². The monoisotopic (exact) mass is 410 g/mol. The van der Waals surface area contributed by atoms with Crippen LogP contribution in [0.1, 0.15) is 12.5 Å². The average molecular weight is 410 g/mol. The number of halogens is 3. The fourth-order valence-electron chi connectivity index (χ4n) is 2.93. The van der Waals surface area contributed by atoms with E-state index in [1.165, 1.54) is 18.2 Å². The van der Waals surface area contributed by atoms with E-state index in [1.54, 1.807) is 17.2 Å². The highest BCUT2D eigenvalue weighted by molar-refractivity contribution is 5.78. The van der Waals surface area contributed by atoms with E-state index in [-0.39, 0.29) is 11.7 Å². The molecule has 7 nitrogen and oxygen atoms in total. The van der Waals surface area contributed by atoms with E-state index in [4.69, 9.17) is 9.47 Å². The van der Waals surface area contributed by atoms with Crippen LogP contribution in [0.4, 0.5) is 19.1 Å². The number of para-hydroxylation sites is 1. The minimum absolute atomic E-state index is 0.354. The highest BCUT2D eigenvalue weighted by Gasteiger charge is 2.34. The number of amides is 1. The Morgan fingerprint density at radius 2 is 1.83 bits per heavy atom. The summed E-state index contributed by atoms with van der Waals surface area (Å²) in [5, 5.41) is 0. The van der Waals surface area contributed by atoms with Crippen LogP contribution in [0.2, 0.25) is 0 Å². The van der Waals surface area contributed by atoms with Gasteiger partial charge in [0.2, 0.25) is 11.8 Å². The zero-order valence-corrected chi connectivity index (χ0v) is 15.9. The van der Waals surface area contributed by atoms with Crippen molar-refractivity contribution >= 4 is 11.9 Å². The number of rotatable bonds is 6. The average Bonchev–Trinajstić information content (AvgIpc) is 2.72. The maximum absolute atomic E-state index is 13.0. The predicted octanol–water partition coefficient (Wildman–Crippen LogP) is 2.62. The lowest BCUT2D eigenvalue weighted by Crippen LogP contribution is -2.50. The minimum Gasteiger partial charge on any atom is -0.483 e. The third kappa shape index (κ3) is 5.27. The first-order chi connectivity index (χ1) is 13.9. The van der Waals surface area contributed by atoms with Gasteiger partial charge in [0, 0.05) is 38.4 Å². The maximum atomic E-state index is 13.0. The molecule has 1 aliphatic rings. The first kappa shape index (κ1) is 20.7. The molecular formula is C19H21F3N4O3. The van der Waals surface area contributed by atoms with Gasteiger partial charge in [-0.1, -0.05) is 12.1 Å². The zero-order chi connectivity index (χ0) is 20.9. The molecule has 156 valence electrons. The molecule has 2 heterocycles. The Hall–Kier alpha value is -3.04. The molecule has 0 atom stereocenters. The number of nitrogens with zero attached hydrogens (tertiary/aromatic N) is 4. The van der Waals surface area contributed by atoms with Gasteiger partial charge in [-0.05, 0) is 19.1 Å². The second kappa shape index (κ2) is 8.97. The predicted molar refractivity (Wildman–Crippen MR) is 98.9 cm³/mol. The minimum atomic E-state index is -4.54. The van der Waals surface area contributed by atoms with Gasteiger partial charge < -0.3 is 19.3 Å². The first-order valence-electron chi connectivity index (χ1n) is 9.16. The van der Waals surface area contributed by atoms with E-state index in [9.17, 15) is 18.0 Å². The van der Waals surface area contributed by atoms with E-state index in [1.807, 2.05) is 11.8 Å². The number of benzene rings is 1. The molecule has 0 saturated carbocycles. The van der Waals surface area contributed by atoms with Crippen molar-refractivity contribution in [2.75, 3.05) is 44.3 Å². The molecule has 1 fully saturated rings. The van der Waals surface area contributed by atoms with E-state index >= 15 is 0 Å². The smallest absolute Gasteiger partial charge is 0.419 e. The summed E-state index contributed by atoms with van der Waals surface area (Å²) in [6, 6.07) is 6.51. The van der Waals surface area contributed by atoms with Gasteiger partial charge in [0.25, 0.3) is 5.91 Å². The number of aromatic nitrogens is 2. The molecule has 1 aromatic carbocycles. The van der Waals surface area contributed by atoms with Crippen molar-refractivity contribution in [1.82, 2.24) is 14.9 Å². The van der Waals surface area contributed by atoms with Crippen LogP contribution in [0.15, 0.2) is 36.5 Å². The summed E-state index contributed by atoms with van der Waals surface area (Å²) in [7, 11) is 0. The summed E-state index contributed by atoms with van der Waals surface area (Å²) >= 11 is 0. The normalized spacial score (nSPS) is 14.6. The molecule has 1 aromatic heterocycles. The van der Waals surface area contributed by atoms with Crippen LogP contribution in [-0.2, 0) is 11.0 Å². The third-order valence-electron chi connectivity index (χ3n) is 4.37. The first-order valence-corrected chi connectivity index (χ1v) is 9.16. The van der Waals surface area contributed by atoms with Gasteiger partial charge in [-0.25, -0.2) is 4.98 Å². The van der Waals surface area contributed by atoms with E-state index < -0.39 is 18.3 Å². The lowest BCUT2D eigenvalue weighted by atomic mass is 10.2. The van der Waals surface area contributed by atoms with Gasteiger partial charge >= 0.3 is 6.18 Å². The number of alkyl halides is 3. The Balaban J connectivity index is 1.54. The summed E-state index contributed by atoms with van der Waals surface area (Å²) in [6.45, 7) is 3.69. The Bertz CT molecular complexity index is 839. The summed E-state index contributed by atoms with van der Waals surface area (Å²) in [6.07, 6.45) is -2.93. The molecule has 1 saturated heterocycles. The third-order valence-corrected chi connectivity index (χ3v) is 4.37. The van der Waals surface area contributed by atoms with Gasteiger partial charge in [0.05, 0.1) is 12.2 Å². The molecule has 0 aliphatic carbocycles. The summed E-state index contributed by atoms with van der Waals surface area (Å²) < 4.78 is 49.6. The number of anilines is 1. The standard InChI is InChI=1S/C19H21F3N4O3/c1-2-28-16-7-8-23-18(24-16)26-11-9-25(10-12-26)17(27)13-29-15-6-4-3-5-14(15)19(20,21)22/h3-8H,2,9-13H2,1H3. The van der Waals surface area contributed by atoms with Crippen molar-refractivity contribution in [3.8, 4) is 11.6 Å². The van der Waals surface area contributed by atoms with Gasteiger partial charge in [-0.15, -0.1) is 0 Å². The van der Waals surface area contributed by atoms with Crippen molar-refractivity contribution in [3.05, 3.63) is 42.1 Å². The zero-order valence-electron chi connectivity index (χ0n) is 15.9. The molecule has 10 heteroatoms. The highest BCUT2D eigenvalue weighted by atomic mass is 19.4. The van der Waals surface area contributed by atoms with Gasteiger partial charge in [-0.3, -0.25) is 4.79 Å². The van der Waals surface area contributed by atoms with E-state index in [0.717, 1.165) is 6.07 Å². The fraction of sp³-hybridized carbons (Fsp3) is 0.421. The lowest BCUT2D eigenvalue weighted by molar-refractivity contribution is -0.141. The number of ether oxygens (including phenoxy) is 2. The number of carbonyl (C=O) groups is 1. The fourth-order valence-corrected chi connectivity index (χ4v) is 2.93. The van der Waals surface area contributed by atoms with E-state index in [2.05, 4.69) is 9.97 Å². The molecule has 0 spiro atoms. The molecule has 1 amide bonds. The molecular weight excluding hydrogens is 389 g/mol. The van der Waals surface area contributed by atoms with Gasteiger partial charge in [0.15, 0.2) is 6.61 Å². The van der Waals surface area contributed by atoms with Crippen molar-refractivity contribution < 1.29 is 27.4 Å². The van der Waals surface area contributed by atoms with Crippen molar-refractivity contribution in [2.24, 2.45) is 0 Å². The summed E-state index contributed by atoms with van der Waals surface area (Å²) in [4.78, 5) is 24.4. The lowest BCUT2D eigenvalue weighted by Gasteiger charge is -2.34. The quantitative estimate of drug-likeness (QED) is 0.730. The Morgan fingerprint density at radius 3 is 2.52 bits per heavy atom. The van der Waals surface area contributed by atoms with Crippen molar-refractivity contribution in [2.45, 2.75) is 13.1 Å². The molecule has 0 radical (unpaired) electrons. The molecule has 1 aliphatic heterocycles. The van der Waals surface area contributed by atoms with Gasteiger partial charge in [-0.2, -0.15) is 18.2 Å². The van der Waals surface area contributed by atoms with Crippen LogP contribution in [0.5, 0.6) is 11.6 Å². The van der Waals surface area contributed by atoms with E-state index in [0.29, 0.717) is 44.6 Å². The van der Waals surface area contributed by atoms with Crippen LogP contribution in [0.3, 0.4) is 0 Å². The van der Waals surface area contributed by atoms with Crippen molar-refractivity contribution in [1.29, 1.82) is 0 Å². The van der Waals surface area contributed by atoms with Crippen LogP contribution >= 0.6 is 0 Å². The molecule has 0 bridgehead atoms. The highest BCUT2D eigenvalue weighted by Crippen LogP contribution is 2.35. The summed E-state index contributed by atoms with van der Waals surface area (Å²) in [5.74, 6) is 0.268. The van der Waals surface area contributed by atoms with Crippen LogP contribution in [-0.4, -0.2) is 60.2 Å². The molecule has 2 aromatic rings. The maximum Gasteiger partial charge on any atom is 0.419 e. The number of carbonyl (C=O) groups excluding carboxylic acids is 1. The second-order valence-corrected chi connectivity index (χ2v) is 6.28. The number of piperazine rings is 1. The number of hydrogen-bond donors (Lipinski definition) is 0. The van der Waals surface area contributed by atoms with Crippen LogP contribution < -0.4 is 14.4 Å². The topological polar surface area (TPSA) is 67.8 Å². The van der Waals surface area contributed by atoms with Crippen LogP contribution in [0, 0.1) is 0 Å². The molecule has 3 rings (SSSR count). The largest absolute Gasteiger partial charge is 0.483 e. The second-order valence-electron chi connectivity index (χ2n) is 6.28. The molecule has 0 unspecified atom stereocenters. The Morgan fingerprint density at radius 1 is 1.10 bits per heavy atom. The SMILES string of the molecule is CCOc1ccnc(N2CCN(C(=O)COc3ccccc3C(F)(F)F)CC2)n1. The van der Waals surface area contributed by atoms with Gasteiger partial charge in [0.1, 0.15) is 5.75 Å². The molecule has 0 N–H and O–H groups in total. The molecule has 29 heavy (non-hydrogen) atoms.